The highest BCUT2D eigenvalue weighted by Crippen LogP contribution is 2.23. The third-order valence-corrected chi connectivity index (χ3v) is 3.67. The number of aromatic nitrogens is 2. The molecular formula is C16H25ClN4O4. The summed E-state index contributed by atoms with van der Waals surface area (Å²) >= 11 is 6.03. The number of hydrogen-bond donors (Lipinski definition) is 1. The molecule has 1 N–H and O–H groups in total. The van der Waals surface area contributed by atoms with Gasteiger partial charge in [0.1, 0.15) is 17.2 Å². The molecule has 9 heteroatoms. The molecule has 1 atom stereocenters. The monoisotopic (exact) mass is 372 g/mol. The van der Waals surface area contributed by atoms with E-state index in [2.05, 4.69) is 15.3 Å². The van der Waals surface area contributed by atoms with Crippen LogP contribution >= 0.6 is 11.6 Å². The van der Waals surface area contributed by atoms with E-state index < -0.39 is 5.60 Å². The molecule has 1 fully saturated rings. The summed E-state index contributed by atoms with van der Waals surface area (Å²) in [7, 11) is 1.59. The van der Waals surface area contributed by atoms with Crippen LogP contribution < -0.4 is 10.1 Å². The van der Waals surface area contributed by atoms with Gasteiger partial charge in [0.25, 0.3) is 0 Å². The Balaban J connectivity index is 1.90. The largest absolute Gasteiger partial charge is 0.474 e. The lowest BCUT2D eigenvalue weighted by molar-refractivity contribution is 0.0293. The number of ether oxygens (including phenoxy) is 3. The summed E-state index contributed by atoms with van der Waals surface area (Å²) in [6, 6.07) is 0.0421. The number of nitrogens with zero attached hydrogens (tertiary/aromatic N) is 3. The topological polar surface area (TPSA) is 85.8 Å². The van der Waals surface area contributed by atoms with Crippen LogP contribution in [0.15, 0.2) is 6.20 Å². The number of likely N-dealkylation sites (tertiary alicyclic amines) is 1. The number of methoxy groups -OCH3 is 1. The lowest BCUT2D eigenvalue weighted by Gasteiger charge is -2.24. The molecule has 140 valence electrons. The average molecular weight is 373 g/mol. The summed E-state index contributed by atoms with van der Waals surface area (Å²) in [5.41, 5.74) is -0.504. The van der Waals surface area contributed by atoms with Gasteiger partial charge in [-0.1, -0.05) is 11.6 Å². The molecule has 1 saturated heterocycles. The second-order valence-corrected chi connectivity index (χ2v) is 7.15. The number of carbonyl (C=O) groups is 1. The fraction of sp³-hybridized carbons (Fsp3) is 0.688. The van der Waals surface area contributed by atoms with Gasteiger partial charge in [-0.3, -0.25) is 0 Å². The van der Waals surface area contributed by atoms with Crippen LogP contribution in [0.4, 0.5) is 10.7 Å². The number of halogens is 1. The predicted molar refractivity (Wildman–Crippen MR) is 94.2 cm³/mol. The van der Waals surface area contributed by atoms with Crippen LogP contribution in [0, 0.1) is 0 Å². The fourth-order valence-electron chi connectivity index (χ4n) is 2.30. The molecule has 0 spiro atoms. The molecule has 0 radical (unpaired) electrons. The molecule has 2 rings (SSSR count). The van der Waals surface area contributed by atoms with Crippen molar-refractivity contribution in [3.8, 4) is 5.88 Å². The molecular weight excluding hydrogens is 348 g/mol. The van der Waals surface area contributed by atoms with Gasteiger partial charge in [-0.15, -0.1) is 0 Å². The van der Waals surface area contributed by atoms with Crippen LogP contribution in [-0.4, -0.2) is 66.0 Å². The first-order valence-corrected chi connectivity index (χ1v) is 8.55. The van der Waals surface area contributed by atoms with Crippen molar-refractivity contribution in [2.75, 3.05) is 38.7 Å². The van der Waals surface area contributed by atoms with Gasteiger partial charge < -0.3 is 24.4 Å². The summed E-state index contributed by atoms with van der Waals surface area (Å²) in [6.45, 7) is 7.49. The standard InChI is InChI=1S/C16H25ClN4O4/c1-16(2,3)25-15(22)21-6-5-11(10-21)19-14-18-9-12(17)13(20-14)24-8-7-23-4/h9,11H,5-8,10H2,1-4H3,(H,18,19,20)/t11-/m1/s1. The average Bonchev–Trinajstić information content (AvgIpc) is 2.98. The molecule has 0 bridgehead atoms. The molecule has 1 aliphatic rings. The highest BCUT2D eigenvalue weighted by Gasteiger charge is 2.30. The van der Waals surface area contributed by atoms with Gasteiger partial charge in [0.15, 0.2) is 0 Å². The van der Waals surface area contributed by atoms with E-state index >= 15 is 0 Å². The van der Waals surface area contributed by atoms with E-state index in [0.29, 0.717) is 43.2 Å². The molecule has 1 amide bonds. The zero-order valence-electron chi connectivity index (χ0n) is 15.0. The second kappa shape index (κ2) is 8.53. The minimum Gasteiger partial charge on any atom is -0.474 e. The Morgan fingerprint density at radius 2 is 2.20 bits per heavy atom. The normalized spacial score (nSPS) is 17.5. The Kier molecular flexibility index (Phi) is 6.66. The predicted octanol–water partition coefficient (Wildman–Crippen LogP) is 2.58. The minimum atomic E-state index is -0.504. The maximum atomic E-state index is 12.1. The Hall–Kier alpha value is -1.80. The van der Waals surface area contributed by atoms with E-state index in [-0.39, 0.29) is 12.1 Å². The van der Waals surface area contributed by atoms with E-state index in [0.717, 1.165) is 6.42 Å². The van der Waals surface area contributed by atoms with Gasteiger partial charge in [-0.05, 0) is 27.2 Å². The third kappa shape index (κ3) is 6.21. The molecule has 1 aromatic rings. The lowest BCUT2D eigenvalue weighted by Crippen LogP contribution is -2.36. The van der Waals surface area contributed by atoms with Crippen LogP contribution in [0.3, 0.4) is 0 Å². The maximum absolute atomic E-state index is 12.1. The number of carbonyl (C=O) groups excluding carboxylic acids is 1. The summed E-state index contributed by atoms with van der Waals surface area (Å²) in [6.07, 6.45) is 1.96. The quantitative estimate of drug-likeness (QED) is 0.768. The molecule has 25 heavy (non-hydrogen) atoms. The van der Waals surface area contributed by atoms with Gasteiger partial charge >= 0.3 is 6.09 Å². The van der Waals surface area contributed by atoms with Crippen molar-refractivity contribution >= 4 is 23.6 Å². The molecule has 8 nitrogen and oxygen atoms in total. The molecule has 0 unspecified atom stereocenters. The van der Waals surface area contributed by atoms with E-state index in [4.69, 9.17) is 25.8 Å². The Morgan fingerprint density at radius 3 is 2.88 bits per heavy atom. The highest BCUT2D eigenvalue weighted by atomic mass is 35.5. The van der Waals surface area contributed by atoms with Crippen LogP contribution in [-0.2, 0) is 9.47 Å². The van der Waals surface area contributed by atoms with Crippen molar-refractivity contribution < 1.29 is 19.0 Å². The smallest absolute Gasteiger partial charge is 0.410 e. The van der Waals surface area contributed by atoms with Crippen molar-refractivity contribution in [1.29, 1.82) is 0 Å². The van der Waals surface area contributed by atoms with Crippen molar-refractivity contribution in [3.63, 3.8) is 0 Å². The summed E-state index contributed by atoms with van der Waals surface area (Å²) in [5.74, 6) is 0.714. The van der Waals surface area contributed by atoms with Crippen molar-refractivity contribution in [2.45, 2.75) is 38.8 Å². The fourth-order valence-corrected chi connectivity index (χ4v) is 2.44. The summed E-state index contributed by atoms with van der Waals surface area (Å²) in [4.78, 5) is 22.2. The van der Waals surface area contributed by atoms with Crippen LogP contribution in [0.2, 0.25) is 5.02 Å². The SMILES string of the molecule is COCCOc1nc(N[C@@H]2CCN(C(=O)OC(C)(C)C)C2)ncc1Cl. The van der Waals surface area contributed by atoms with E-state index in [1.54, 1.807) is 12.0 Å². The molecule has 0 aliphatic carbocycles. The zero-order chi connectivity index (χ0) is 18.4. The van der Waals surface area contributed by atoms with Crippen molar-refractivity contribution in [2.24, 2.45) is 0 Å². The molecule has 1 aromatic heterocycles. The van der Waals surface area contributed by atoms with Crippen LogP contribution in [0.25, 0.3) is 0 Å². The summed E-state index contributed by atoms with van der Waals surface area (Å²) in [5, 5.41) is 3.54. The van der Waals surface area contributed by atoms with Crippen molar-refractivity contribution in [1.82, 2.24) is 14.9 Å². The van der Waals surface area contributed by atoms with Gasteiger partial charge in [-0.25, -0.2) is 9.78 Å². The van der Waals surface area contributed by atoms with Crippen LogP contribution in [0.5, 0.6) is 5.88 Å². The first-order chi connectivity index (χ1) is 11.8. The number of nitrogens with one attached hydrogen (secondary N) is 1. The number of hydrogen-bond acceptors (Lipinski definition) is 7. The Morgan fingerprint density at radius 1 is 1.44 bits per heavy atom. The van der Waals surface area contributed by atoms with E-state index in [9.17, 15) is 4.79 Å². The molecule has 0 saturated carbocycles. The second-order valence-electron chi connectivity index (χ2n) is 6.74. The highest BCUT2D eigenvalue weighted by molar-refractivity contribution is 6.31. The maximum Gasteiger partial charge on any atom is 0.410 e. The molecule has 2 heterocycles. The van der Waals surface area contributed by atoms with Gasteiger partial charge in [0.05, 0.1) is 12.8 Å². The first-order valence-electron chi connectivity index (χ1n) is 8.17. The van der Waals surface area contributed by atoms with Crippen LogP contribution in [0.1, 0.15) is 27.2 Å². The zero-order valence-corrected chi connectivity index (χ0v) is 15.8. The van der Waals surface area contributed by atoms with E-state index in [1.165, 1.54) is 6.20 Å². The first kappa shape index (κ1) is 19.5. The van der Waals surface area contributed by atoms with Gasteiger partial charge in [0.2, 0.25) is 11.8 Å². The Labute approximate surface area is 152 Å². The van der Waals surface area contributed by atoms with Gasteiger partial charge in [0, 0.05) is 26.2 Å². The molecule has 0 aromatic carbocycles. The minimum absolute atomic E-state index is 0.0421. The number of anilines is 1. The lowest BCUT2D eigenvalue weighted by atomic mass is 10.2. The number of amides is 1. The van der Waals surface area contributed by atoms with E-state index in [1.807, 2.05) is 20.8 Å². The number of rotatable bonds is 6. The van der Waals surface area contributed by atoms with Crippen molar-refractivity contribution in [3.05, 3.63) is 11.2 Å². The van der Waals surface area contributed by atoms with Gasteiger partial charge in [-0.2, -0.15) is 4.98 Å². The third-order valence-electron chi connectivity index (χ3n) is 3.41. The molecule has 1 aliphatic heterocycles. The summed E-state index contributed by atoms with van der Waals surface area (Å²) < 4.78 is 15.8. The Bertz CT molecular complexity index is 594.